The first-order chi connectivity index (χ1) is 6.02. The van der Waals surface area contributed by atoms with E-state index in [1.807, 2.05) is 19.9 Å². The highest BCUT2D eigenvalue weighted by molar-refractivity contribution is 5.57. The maximum atomic E-state index is 10.4. The third kappa shape index (κ3) is 1.93. The van der Waals surface area contributed by atoms with Crippen LogP contribution in [0, 0.1) is 24.0 Å². The van der Waals surface area contributed by atoms with Gasteiger partial charge in [-0.25, -0.2) is 0 Å². The second kappa shape index (κ2) is 3.39. The van der Waals surface area contributed by atoms with Gasteiger partial charge in [-0.3, -0.25) is 10.1 Å². The highest BCUT2D eigenvalue weighted by Gasteiger charge is 2.10. The van der Waals surface area contributed by atoms with Crippen LogP contribution in [0.15, 0.2) is 24.8 Å². The van der Waals surface area contributed by atoms with Crippen molar-refractivity contribution in [3.05, 3.63) is 51.6 Å². The molecule has 1 rings (SSSR count). The Labute approximate surface area is 76.9 Å². The molecule has 0 fully saturated rings. The van der Waals surface area contributed by atoms with Crippen LogP contribution in [0.1, 0.15) is 16.7 Å². The quantitative estimate of drug-likeness (QED) is 0.514. The van der Waals surface area contributed by atoms with Crippen molar-refractivity contribution in [1.29, 1.82) is 0 Å². The Morgan fingerprint density at radius 2 is 2.00 bits per heavy atom. The second-order valence-corrected chi connectivity index (χ2v) is 3.00. The van der Waals surface area contributed by atoms with E-state index in [2.05, 4.69) is 6.58 Å². The molecule has 0 aliphatic heterocycles. The molecule has 0 aliphatic carbocycles. The molecule has 0 saturated heterocycles. The van der Waals surface area contributed by atoms with Crippen molar-refractivity contribution in [2.75, 3.05) is 0 Å². The Balaban J connectivity index is 3.11. The fourth-order valence-electron chi connectivity index (χ4n) is 1.03. The molecule has 3 heteroatoms. The zero-order valence-corrected chi connectivity index (χ0v) is 7.70. The number of hydrogen-bond acceptors (Lipinski definition) is 2. The maximum Gasteiger partial charge on any atom is 0.269 e. The third-order valence-electron chi connectivity index (χ3n) is 2.06. The van der Waals surface area contributed by atoms with Gasteiger partial charge >= 0.3 is 0 Å². The van der Waals surface area contributed by atoms with E-state index in [1.165, 1.54) is 0 Å². The molecule has 0 amide bonds. The van der Waals surface area contributed by atoms with Gasteiger partial charge in [0.05, 0.1) is 10.5 Å². The molecule has 1 aromatic rings. The van der Waals surface area contributed by atoms with Crippen molar-refractivity contribution >= 4 is 5.70 Å². The molecule has 0 heterocycles. The van der Waals surface area contributed by atoms with Gasteiger partial charge in [0.2, 0.25) is 0 Å². The van der Waals surface area contributed by atoms with E-state index in [0.717, 1.165) is 11.1 Å². The molecular weight excluding hydrogens is 166 g/mol. The lowest BCUT2D eigenvalue weighted by atomic mass is 10.1. The summed E-state index contributed by atoms with van der Waals surface area (Å²) >= 11 is 0. The molecule has 13 heavy (non-hydrogen) atoms. The molecule has 0 saturated carbocycles. The minimum atomic E-state index is -0.468. The molecule has 1 aromatic carbocycles. The molecule has 0 bridgehead atoms. The third-order valence-corrected chi connectivity index (χ3v) is 2.06. The van der Waals surface area contributed by atoms with Gasteiger partial charge in [-0.2, -0.15) is 0 Å². The smallest absolute Gasteiger partial charge is 0.258 e. The van der Waals surface area contributed by atoms with E-state index in [-0.39, 0.29) is 5.70 Å². The number of nitrogens with zero attached hydrogens (tertiary/aromatic N) is 1. The Morgan fingerprint density at radius 1 is 1.38 bits per heavy atom. The summed E-state index contributed by atoms with van der Waals surface area (Å²) in [4.78, 5) is 9.93. The Hall–Kier alpha value is -1.64. The van der Waals surface area contributed by atoms with E-state index < -0.39 is 4.92 Å². The van der Waals surface area contributed by atoms with Crippen LogP contribution in [0.5, 0.6) is 0 Å². The monoisotopic (exact) mass is 177 g/mol. The van der Waals surface area contributed by atoms with Crippen molar-refractivity contribution in [2.24, 2.45) is 0 Å². The summed E-state index contributed by atoms with van der Waals surface area (Å²) in [6, 6.07) is 5.35. The van der Waals surface area contributed by atoms with E-state index in [4.69, 9.17) is 0 Å². The van der Waals surface area contributed by atoms with Crippen LogP contribution in [0.3, 0.4) is 0 Å². The molecule has 0 spiro atoms. The molecular formula is C10H11NO2. The minimum Gasteiger partial charge on any atom is -0.258 e. The van der Waals surface area contributed by atoms with Gasteiger partial charge in [-0.15, -0.1) is 0 Å². The van der Waals surface area contributed by atoms with E-state index >= 15 is 0 Å². The summed E-state index contributed by atoms with van der Waals surface area (Å²) in [6.45, 7) is 7.29. The summed E-state index contributed by atoms with van der Waals surface area (Å²) in [7, 11) is 0. The largest absolute Gasteiger partial charge is 0.269 e. The van der Waals surface area contributed by atoms with Crippen molar-refractivity contribution in [1.82, 2.24) is 0 Å². The number of benzene rings is 1. The van der Waals surface area contributed by atoms with E-state index in [0.29, 0.717) is 5.56 Å². The summed E-state index contributed by atoms with van der Waals surface area (Å²) in [5, 5.41) is 10.4. The van der Waals surface area contributed by atoms with Crippen molar-refractivity contribution in [2.45, 2.75) is 13.8 Å². The number of nitro groups is 1. The van der Waals surface area contributed by atoms with Gasteiger partial charge in [0.15, 0.2) is 0 Å². The van der Waals surface area contributed by atoms with Crippen molar-refractivity contribution < 1.29 is 4.92 Å². The molecule has 0 atom stereocenters. The van der Waals surface area contributed by atoms with Crippen molar-refractivity contribution in [3.8, 4) is 0 Å². The fourth-order valence-corrected chi connectivity index (χ4v) is 1.03. The van der Waals surface area contributed by atoms with Gasteiger partial charge in [-0.1, -0.05) is 6.07 Å². The zero-order valence-electron chi connectivity index (χ0n) is 7.70. The van der Waals surface area contributed by atoms with Crippen LogP contribution >= 0.6 is 0 Å². The molecule has 3 nitrogen and oxygen atoms in total. The summed E-state index contributed by atoms with van der Waals surface area (Å²) < 4.78 is 0. The SMILES string of the molecule is C=C(c1ccc(C)c(C)c1)[N+](=O)[O-]. The Morgan fingerprint density at radius 3 is 2.46 bits per heavy atom. The zero-order chi connectivity index (χ0) is 10.0. The molecule has 0 aromatic heterocycles. The summed E-state index contributed by atoms with van der Waals surface area (Å²) in [6.07, 6.45) is 0. The Bertz CT molecular complexity index is 369. The number of hydrogen-bond donors (Lipinski definition) is 0. The van der Waals surface area contributed by atoms with E-state index in [9.17, 15) is 10.1 Å². The van der Waals surface area contributed by atoms with Crippen LogP contribution in [0.2, 0.25) is 0 Å². The lowest BCUT2D eigenvalue weighted by Crippen LogP contribution is -1.96. The van der Waals surface area contributed by atoms with Gasteiger partial charge < -0.3 is 0 Å². The average molecular weight is 177 g/mol. The minimum absolute atomic E-state index is 0.0527. The van der Waals surface area contributed by atoms with Crippen LogP contribution in [-0.4, -0.2) is 4.92 Å². The molecule has 0 radical (unpaired) electrons. The topological polar surface area (TPSA) is 43.1 Å². The highest BCUT2D eigenvalue weighted by atomic mass is 16.6. The summed E-state index contributed by atoms with van der Waals surface area (Å²) in [5.41, 5.74) is 2.69. The first kappa shape index (κ1) is 9.45. The lowest BCUT2D eigenvalue weighted by Gasteiger charge is -2.01. The standard InChI is InChI=1S/C10H11NO2/c1-7-4-5-10(6-8(7)2)9(3)11(12)13/h4-6H,3H2,1-2H3. The molecule has 0 aliphatic rings. The van der Waals surface area contributed by atoms with Gasteiger partial charge in [0, 0.05) is 0 Å². The molecule has 0 unspecified atom stereocenters. The molecule has 0 N–H and O–H groups in total. The summed E-state index contributed by atoms with van der Waals surface area (Å²) in [5.74, 6) is 0. The van der Waals surface area contributed by atoms with Crippen LogP contribution in [0.4, 0.5) is 0 Å². The Kier molecular flexibility index (Phi) is 2.46. The highest BCUT2D eigenvalue weighted by Crippen LogP contribution is 2.16. The number of rotatable bonds is 2. The second-order valence-electron chi connectivity index (χ2n) is 3.00. The predicted octanol–water partition coefficient (Wildman–Crippen LogP) is 2.55. The van der Waals surface area contributed by atoms with Gasteiger partial charge in [0.1, 0.15) is 0 Å². The molecule has 68 valence electrons. The number of aryl methyl sites for hydroxylation is 2. The van der Waals surface area contributed by atoms with Gasteiger partial charge in [0.25, 0.3) is 5.70 Å². The first-order valence-electron chi connectivity index (χ1n) is 3.93. The predicted molar refractivity (Wildman–Crippen MR) is 51.9 cm³/mol. The first-order valence-corrected chi connectivity index (χ1v) is 3.93. The maximum absolute atomic E-state index is 10.4. The fraction of sp³-hybridized carbons (Fsp3) is 0.200. The van der Waals surface area contributed by atoms with E-state index in [1.54, 1.807) is 12.1 Å². The van der Waals surface area contributed by atoms with Crippen LogP contribution < -0.4 is 0 Å². The van der Waals surface area contributed by atoms with Crippen LogP contribution in [-0.2, 0) is 0 Å². The average Bonchev–Trinajstić information content (AvgIpc) is 2.08. The lowest BCUT2D eigenvalue weighted by molar-refractivity contribution is -0.375. The van der Waals surface area contributed by atoms with Crippen molar-refractivity contribution in [3.63, 3.8) is 0 Å². The normalized spacial score (nSPS) is 9.69. The van der Waals surface area contributed by atoms with Gasteiger partial charge in [-0.05, 0) is 43.7 Å². The van der Waals surface area contributed by atoms with Crippen LogP contribution in [0.25, 0.3) is 5.70 Å².